The minimum absolute atomic E-state index is 0.124. The topological polar surface area (TPSA) is 36.4 Å². The van der Waals surface area contributed by atoms with Crippen molar-refractivity contribution in [3.63, 3.8) is 0 Å². The van der Waals surface area contributed by atoms with Crippen molar-refractivity contribution in [3.8, 4) is 0 Å². The summed E-state index contributed by atoms with van der Waals surface area (Å²) >= 11 is 0. The van der Waals surface area contributed by atoms with Crippen LogP contribution < -0.4 is 4.90 Å². The number of likely N-dealkylation sites (tertiary alicyclic amines) is 1. The smallest absolute Gasteiger partial charge is 0.254 e. The first-order chi connectivity index (χ1) is 13.3. The second kappa shape index (κ2) is 8.55. The molecule has 2 fully saturated rings. The Balaban J connectivity index is 1.65. The molecule has 0 aliphatic carbocycles. The summed E-state index contributed by atoms with van der Waals surface area (Å²) in [5.74, 6) is 1.24. The Morgan fingerprint density at radius 3 is 2.37 bits per heavy atom. The molecule has 3 heterocycles. The predicted molar refractivity (Wildman–Crippen MR) is 109 cm³/mol. The molecule has 27 heavy (non-hydrogen) atoms. The number of pyridine rings is 1. The van der Waals surface area contributed by atoms with E-state index in [1.54, 1.807) is 0 Å². The number of nitrogens with zero attached hydrogens (tertiary/aromatic N) is 3. The summed E-state index contributed by atoms with van der Waals surface area (Å²) in [6.07, 6.45) is 10.2. The summed E-state index contributed by atoms with van der Waals surface area (Å²) in [5, 5.41) is 0. The third kappa shape index (κ3) is 4.00. The third-order valence-electron chi connectivity index (χ3n) is 5.87. The third-order valence-corrected chi connectivity index (χ3v) is 5.87. The molecule has 0 spiro atoms. The highest BCUT2D eigenvalue weighted by atomic mass is 16.2. The van der Waals surface area contributed by atoms with Gasteiger partial charge in [0.2, 0.25) is 0 Å². The van der Waals surface area contributed by atoms with Gasteiger partial charge < -0.3 is 9.80 Å². The zero-order valence-corrected chi connectivity index (χ0v) is 16.0. The number of hydrogen-bond donors (Lipinski definition) is 0. The summed E-state index contributed by atoms with van der Waals surface area (Å²) in [6.45, 7) is 2.97. The first kappa shape index (κ1) is 18.0. The highest BCUT2D eigenvalue weighted by Crippen LogP contribution is 2.36. The SMILES string of the molecule is O=C(c1ccccc1)N1CCCCC1c1cccnc1N1CCCCCC1. The largest absolute Gasteiger partial charge is 0.356 e. The van der Waals surface area contributed by atoms with E-state index in [0.29, 0.717) is 0 Å². The molecule has 2 aromatic rings. The molecule has 4 heteroatoms. The number of aromatic nitrogens is 1. The molecule has 4 rings (SSSR count). The molecule has 1 atom stereocenters. The summed E-state index contributed by atoms with van der Waals surface area (Å²) < 4.78 is 0. The van der Waals surface area contributed by atoms with Crippen LogP contribution in [0.15, 0.2) is 48.7 Å². The van der Waals surface area contributed by atoms with Crippen LogP contribution in [0.4, 0.5) is 5.82 Å². The van der Waals surface area contributed by atoms with Crippen LogP contribution in [0.25, 0.3) is 0 Å². The van der Waals surface area contributed by atoms with Crippen LogP contribution in [0.5, 0.6) is 0 Å². The lowest BCUT2D eigenvalue weighted by Gasteiger charge is -2.38. The molecule has 2 aliphatic rings. The summed E-state index contributed by atoms with van der Waals surface area (Å²) in [5.41, 5.74) is 2.01. The molecule has 2 aliphatic heterocycles. The van der Waals surface area contributed by atoms with E-state index in [0.717, 1.165) is 50.3 Å². The monoisotopic (exact) mass is 363 g/mol. The van der Waals surface area contributed by atoms with Crippen molar-refractivity contribution in [1.29, 1.82) is 0 Å². The lowest BCUT2D eigenvalue weighted by molar-refractivity contribution is 0.0612. The van der Waals surface area contributed by atoms with Crippen molar-refractivity contribution in [1.82, 2.24) is 9.88 Å². The normalized spacial score (nSPS) is 21.0. The first-order valence-electron chi connectivity index (χ1n) is 10.4. The van der Waals surface area contributed by atoms with Gasteiger partial charge >= 0.3 is 0 Å². The van der Waals surface area contributed by atoms with Crippen molar-refractivity contribution in [2.75, 3.05) is 24.5 Å². The number of carbonyl (C=O) groups excluding carboxylic acids is 1. The van der Waals surface area contributed by atoms with Crippen LogP contribution in [0.1, 0.15) is 66.9 Å². The van der Waals surface area contributed by atoms with Crippen molar-refractivity contribution >= 4 is 11.7 Å². The molecule has 1 aromatic carbocycles. The van der Waals surface area contributed by atoms with Gasteiger partial charge in [0.1, 0.15) is 5.82 Å². The molecular weight excluding hydrogens is 334 g/mol. The summed E-state index contributed by atoms with van der Waals surface area (Å²) in [6, 6.07) is 14.0. The Morgan fingerprint density at radius 1 is 0.852 bits per heavy atom. The van der Waals surface area contributed by atoms with Crippen molar-refractivity contribution in [3.05, 3.63) is 59.8 Å². The Hall–Kier alpha value is -2.36. The van der Waals surface area contributed by atoms with Gasteiger partial charge in [-0.2, -0.15) is 0 Å². The molecule has 0 N–H and O–H groups in total. The minimum atomic E-state index is 0.124. The van der Waals surface area contributed by atoms with Gasteiger partial charge in [-0.05, 0) is 50.3 Å². The molecule has 1 unspecified atom stereocenters. The van der Waals surface area contributed by atoms with Crippen LogP contribution in [0.3, 0.4) is 0 Å². The summed E-state index contributed by atoms with van der Waals surface area (Å²) in [7, 11) is 0. The zero-order valence-electron chi connectivity index (χ0n) is 16.0. The minimum Gasteiger partial charge on any atom is -0.356 e. The van der Waals surface area contributed by atoms with Crippen LogP contribution >= 0.6 is 0 Å². The number of benzene rings is 1. The Labute approximate surface area is 162 Å². The van der Waals surface area contributed by atoms with Gasteiger partial charge in [-0.3, -0.25) is 4.79 Å². The van der Waals surface area contributed by atoms with Crippen LogP contribution in [-0.2, 0) is 0 Å². The molecular formula is C23H29N3O. The lowest BCUT2D eigenvalue weighted by atomic mass is 9.94. The van der Waals surface area contributed by atoms with E-state index >= 15 is 0 Å². The van der Waals surface area contributed by atoms with E-state index in [9.17, 15) is 4.79 Å². The maximum absolute atomic E-state index is 13.2. The van der Waals surface area contributed by atoms with Gasteiger partial charge in [-0.25, -0.2) is 4.98 Å². The fourth-order valence-electron chi connectivity index (χ4n) is 4.46. The maximum atomic E-state index is 13.2. The Kier molecular flexibility index (Phi) is 5.71. The van der Waals surface area contributed by atoms with Crippen LogP contribution in [0, 0.1) is 0 Å². The number of rotatable bonds is 3. The standard InChI is InChI=1S/C23H29N3O/c27-23(19-11-4-3-5-12-19)26-18-9-6-14-21(26)20-13-10-15-24-22(20)25-16-7-1-2-8-17-25/h3-5,10-13,15,21H,1-2,6-9,14,16-18H2. The number of hydrogen-bond acceptors (Lipinski definition) is 3. The quantitative estimate of drug-likeness (QED) is 0.784. The maximum Gasteiger partial charge on any atom is 0.254 e. The van der Waals surface area contributed by atoms with Crippen LogP contribution in [-0.4, -0.2) is 35.4 Å². The van der Waals surface area contributed by atoms with E-state index in [-0.39, 0.29) is 11.9 Å². The average Bonchev–Trinajstić information content (AvgIpc) is 3.03. The fraction of sp³-hybridized carbons (Fsp3) is 0.478. The van der Waals surface area contributed by atoms with Gasteiger partial charge in [-0.1, -0.05) is 37.1 Å². The number of amides is 1. The van der Waals surface area contributed by atoms with Gasteiger partial charge in [0.15, 0.2) is 0 Å². The van der Waals surface area contributed by atoms with Crippen molar-refractivity contribution < 1.29 is 4.79 Å². The number of piperidine rings is 1. The van der Waals surface area contributed by atoms with Gasteiger partial charge in [0.05, 0.1) is 6.04 Å². The molecule has 142 valence electrons. The van der Waals surface area contributed by atoms with Crippen molar-refractivity contribution in [2.24, 2.45) is 0 Å². The number of anilines is 1. The van der Waals surface area contributed by atoms with Gasteiger partial charge in [-0.15, -0.1) is 0 Å². The summed E-state index contributed by atoms with van der Waals surface area (Å²) in [4.78, 5) is 22.5. The molecule has 0 saturated carbocycles. The molecule has 0 bridgehead atoms. The van der Waals surface area contributed by atoms with E-state index < -0.39 is 0 Å². The van der Waals surface area contributed by atoms with E-state index in [1.807, 2.05) is 42.6 Å². The first-order valence-corrected chi connectivity index (χ1v) is 10.4. The lowest BCUT2D eigenvalue weighted by Crippen LogP contribution is -2.39. The fourth-order valence-corrected chi connectivity index (χ4v) is 4.46. The second-order valence-corrected chi connectivity index (χ2v) is 7.69. The van der Waals surface area contributed by atoms with Gasteiger partial charge in [0.25, 0.3) is 5.91 Å². The Morgan fingerprint density at radius 2 is 1.59 bits per heavy atom. The Bertz CT molecular complexity index is 753. The zero-order chi connectivity index (χ0) is 18.5. The number of carbonyl (C=O) groups is 1. The molecule has 2 saturated heterocycles. The molecule has 1 aromatic heterocycles. The van der Waals surface area contributed by atoms with Crippen LogP contribution in [0.2, 0.25) is 0 Å². The highest BCUT2D eigenvalue weighted by molar-refractivity contribution is 5.94. The van der Waals surface area contributed by atoms with Gasteiger partial charge in [0, 0.05) is 37.0 Å². The predicted octanol–water partition coefficient (Wildman–Crippen LogP) is 4.83. The second-order valence-electron chi connectivity index (χ2n) is 7.69. The average molecular weight is 364 g/mol. The van der Waals surface area contributed by atoms with E-state index in [2.05, 4.69) is 15.9 Å². The van der Waals surface area contributed by atoms with Crippen molar-refractivity contribution in [2.45, 2.75) is 51.0 Å². The molecule has 1 amide bonds. The van der Waals surface area contributed by atoms with E-state index in [4.69, 9.17) is 4.98 Å². The van der Waals surface area contributed by atoms with E-state index in [1.165, 1.54) is 31.2 Å². The molecule has 4 nitrogen and oxygen atoms in total. The molecule has 0 radical (unpaired) electrons. The highest BCUT2D eigenvalue weighted by Gasteiger charge is 2.31.